The molecule has 1 N–H and O–H groups in total. The lowest BCUT2D eigenvalue weighted by Gasteiger charge is -2.29. The summed E-state index contributed by atoms with van der Waals surface area (Å²) < 4.78 is 28.3. The van der Waals surface area contributed by atoms with Gasteiger partial charge in [-0.05, 0) is 38.7 Å². The SMILES string of the molecule is CC1CCCN(S(=O)(=O)c2cc(C(=O)O)n(C(C)C)c2)C1. The summed E-state index contributed by atoms with van der Waals surface area (Å²) in [6.45, 7) is 6.68. The minimum atomic E-state index is -3.61. The maximum atomic E-state index is 12.7. The Morgan fingerprint density at radius 2 is 2.10 bits per heavy atom. The van der Waals surface area contributed by atoms with Crippen molar-refractivity contribution < 1.29 is 18.3 Å². The lowest BCUT2D eigenvalue weighted by atomic mass is 10.0. The first-order chi connectivity index (χ1) is 9.73. The average molecular weight is 314 g/mol. The maximum absolute atomic E-state index is 12.7. The number of aromatic carboxylic acids is 1. The van der Waals surface area contributed by atoms with Crippen molar-refractivity contribution in [3.05, 3.63) is 18.0 Å². The van der Waals surface area contributed by atoms with E-state index in [1.807, 2.05) is 20.8 Å². The molecule has 2 rings (SSSR count). The van der Waals surface area contributed by atoms with Crippen molar-refractivity contribution in [1.29, 1.82) is 0 Å². The molecule has 0 bridgehead atoms. The summed E-state index contributed by atoms with van der Waals surface area (Å²) in [5, 5.41) is 9.22. The zero-order valence-electron chi connectivity index (χ0n) is 12.6. The lowest BCUT2D eigenvalue weighted by molar-refractivity contribution is 0.0683. The summed E-state index contributed by atoms with van der Waals surface area (Å²) in [6, 6.07) is 1.15. The smallest absolute Gasteiger partial charge is 0.352 e. The van der Waals surface area contributed by atoms with E-state index < -0.39 is 16.0 Å². The van der Waals surface area contributed by atoms with Crippen LogP contribution in [0.25, 0.3) is 0 Å². The van der Waals surface area contributed by atoms with Gasteiger partial charge in [0.1, 0.15) is 10.6 Å². The molecule has 0 aliphatic carbocycles. The highest BCUT2D eigenvalue weighted by Crippen LogP contribution is 2.26. The van der Waals surface area contributed by atoms with Crippen molar-refractivity contribution in [2.24, 2.45) is 5.92 Å². The van der Waals surface area contributed by atoms with E-state index in [0.717, 1.165) is 12.8 Å². The summed E-state index contributed by atoms with van der Waals surface area (Å²) in [7, 11) is -3.61. The number of aromatic nitrogens is 1. The molecule has 2 heterocycles. The van der Waals surface area contributed by atoms with Crippen molar-refractivity contribution in [2.75, 3.05) is 13.1 Å². The summed E-state index contributed by atoms with van der Waals surface area (Å²) in [4.78, 5) is 11.3. The number of carbonyl (C=O) groups is 1. The zero-order valence-corrected chi connectivity index (χ0v) is 13.4. The number of piperidine rings is 1. The molecule has 6 nitrogen and oxygen atoms in total. The number of carboxylic acids is 1. The van der Waals surface area contributed by atoms with Crippen LogP contribution in [0.4, 0.5) is 0 Å². The molecule has 7 heteroatoms. The molecule has 1 aromatic heterocycles. The Bertz CT molecular complexity index is 633. The molecule has 1 saturated heterocycles. The molecule has 1 atom stereocenters. The average Bonchev–Trinajstić information content (AvgIpc) is 2.84. The summed E-state index contributed by atoms with van der Waals surface area (Å²) >= 11 is 0. The molecule has 1 aliphatic rings. The number of hydrogen-bond acceptors (Lipinski definition) is 3. The summed E-state index contributed by atoms with van der Waals surface area (Å²) in [6.07, 6.45) is 3.30. The normalized spacial score (nSPS) is 20.9. The fraction of sp³-hybridized carbons (Fsp3) is 0.643. The second kappa shape index (κ2) is 5.81. The third kappa shape index (κ3) is 3.13. The first-order valence-electron chi connectivity index (χ1n) is 7.18. The molecular weight excluding hydrogens is 292 g/mol. The van der Waals surface area contributed by atoms with Gasteiger partial charge in [-0.15, -0.1) is 0 Å². The molecule has 0 aromatic carbocycles. The minimum absolute atomic E-state index is 0.00799. The molecule has 0 spiro atoms. The quantitative estimate of drug-likeness (QED) is 0.924. The van der Waals surface area contributed by atoms with Crippen molar-refractivity contribution in [3.8, 4) is 0 Å². The highest BCUT2D eigenvalue weighted by molar-refractivity contribution is 7.89. The van der Waals surface area contributed by atoms with Gasteiger partial charge >= 0.3 is 5.97 Å². The monoisotopic (exact) mass is 314 g/mol. The van der Waals surface area contributed by atoms with Gasteiger partial charge in [-0.3, -0.25) is 0 Å². The predicted octanol–water partition coefficient (Wildman–Crippen LogP) is 2.19. The lowest BCUT2D eigenvalue weighted by Crippen LogP contribution is -2.38. The van der Waals surface area contributed by atoms with Crippen LogP contribution >= 0.6 is 0 Å². The Morgan fingerprint density at radius 3 is 2.57 bits per heavy atom. The summed E-state index contributed by atoms with van der Waals surface area (Å²) in [5.74, 6) is -0.781. The van der Waals surface area contributed by atoms with Gasteiger partial charge in [-0.1, -0.05) is 6.92 Å². The van der Waals surface area contributed by atoms with Gasteiger partial charge in [-0.25, -0.2) is 13.2 Å². The van der Waals surface area contributed by atoms with Crippen molar-refractivity contribution in [3.63, 3.8) is 0 Å². The Kier molecular flexibility index (Phi) is 4.43. The summed E-state index contributed by atoms with van der Waals surface area (Å²) in [5.41, 5.74) is 0.00799. The Balaban J connectivity index is 2.40. The number of rotatable bonds is 4. The third-order valence-electron chi connectivity index (χ3n) is 3.86. The molecule has 1 aromatic rings. The van der Waals surface area contributed by atoms with Crippen LogP contribution in [0.15, 0.2) is 17.2 Å². The van der Waals surface area contributed by atoms with Gasteiger partial charge in [0.15, 0.2) is 0 Å². The second-order valence-electron chi connectivity index (χ2n) is 5.98. The van der Waals surface area contributed by atoms with Gasteiger partial charge in [0, 0.05) is 25.3 Å². The molecular formula is C14H22N2O4S. The third-order valence-corrected chi connectivity index (χ3v) is 5.69. The van der Waals surface area contributed by atoms with Gasteiger partial charge < -0.3 is 9.67 Å². The second-order valence-corrected chi connectivity index (χ2v) is 7.92. The van der Waals surface area contributed by atoms with E-state index in [1.54, 1.807) is 0 Å². The molecule has 0 amide bonds. The van der Waals surface area contributed by atoms with Gasteiger partial charge in [0.2, 0.25) is 10.0 Å². The van der Waals surface area contributed by atoms with Crippen LogP contribution < -0.4 is 0 Å². The number of nitrogens with zero attached hydrogens (tertiary/aromatic N) is 2. The van der Waals surface area contributed by atoms with Crippen molar-refractivity contribution in [2.45, 2.75) is 44.6 Å². The van der Waals surface area contributed by atoms with Crippen LogP contribution in [0.2, 0.25) is 0 Å². The predicted molar refractivity (Wildman–Crippen MR) is 78.9 cm³/mol. The van der Waals surface area contributed by atoms with E-state index in [2.05, 4.69) is 0 Å². The first-order valence-corrected chi connectivity index (χ1v) is 8.62. The van der Waals surface area contributed by atoms with E-state index in [0.29, 0.717) is 19.0 Å². The van der Waals surface area contributed by atoms with E-state index in [1.165, 1.54) is 21.1 Å². The van der Waals surface area contributed by atoms with Gasteiger partial charge in [0.25, 0.3) is 0 Å². The standard InChI is InChI=1S/C14H22N2O4S/c1-10(2)16-9-12(7-13(16)14(17)18)21(19,20)15-6-4-5-11(3)8-15/h7,9-11H,4-6,8H2,1-3H3,(H,17,18). The van der Waals surface area contributed by atoms with Crippen LogP contribution in [0.1, 0.15) is 50.1 Å². The van der Waals surface area contributed by atoms with Crippen LogP contribution in [-0.4, -0.2) is 41.5 Å². The van der Waals surface area contributed by atoms with Gasteiger partial charge in [0.05, 0.1) is 0 Å². The van der Waals surface area contributed by atoms with Crippen molar-refractivity contribution in [1.82, 2.24) is 8.87 Å². The van der Waals surface area contributed by atoms with Crippen LogP contribution in [-0.2, 0) is 10.0 Å². The highest BCUT2D eigenvalue weighted by atomic mass is 32.2. The number of hydrogen-bond donors (Lipinski definition) is 1. The molecule has 1 aliphatic heterocycles. The van der Waals surface area contributed by atoms with E-state index in [4.69, 9.17) is 0 Å². The van der Waals surface area contributed by atoms with Crippen LogP contribution in [0.3, 0.4) is 0 Å². The molecule has 21 heavy (non-hydrogen) atoms. The maximum Gasteiger partial charge on any atom is 0.352 e. The van der Waals surface area contributed by atoms with E-state index in [9.17, 15) is 18.3 Å². The van der Waals surface area contributed by atoms with Crippen LogP contribution in [0, 0.1) is 5.92 Å². The fourth-order valence-electron chi connectivity index (χ4n) is 2.71. The fourth-order valence-corrected chi connectivity index (χ4v) is 4.33. The van der Waals surface area contributed by atoms with Gasteiger partial charge in [-0.2, -0.15) is 4.31 Å². The zero-order chi connectivity index (χ0) is 15.8. The topological polar surface area (TPSA) is 79.6 Å². The molecule has 1 fully saturated rings. The Labute approximate surface area is 125 Å². The van der Waals surface area contributed by atoms with Crippen molar-refractivity contribution >= 4 is 16.0 Å². The van der Waals surface area contributed by atoms with E-state index in [-0.39, 0.29) is 16.6 Å². The number of carboxylic acid groups (broad SMARTS) is 1. The molecule has 0 saturated carbocycles. The van der Waals surface area contributed by atoms with E-state index >= 15 is 0 Å². The molecule has 0 radical (unpaired) electrons. The Morgan fingerprint density at radius 1 is 1.43 bits per heavy atom. The first kappa shape index (κ1) is 16.0. The highest BCUT2D eigenvalue weighted by Gasteiger charge is 2.31. The van der Waals surface area contributed by atoms with Crippen LogP contribution in [0.5, 0.6) is 0 Å². The molecule has 118 valence electrons. The Hall–Kier alpha value is -1.34. The minimum Gasteiger partial charge on any atom is -0.477 e. The number of sulfonamides is 1. The largest absolute Gasteiger partial charge is 0.477 e. The molecule has 1 unspecified atom stereocenters.